The van der Waals surface area contributed by atoms with Crippen LogP contribution < -0.4 is 4.74 Å². The van der Waals surface area contributed by atoms with Crippen LogP contribution in [0.2, 0.25) is 0 Å². The summed E-state index contributed by atoms with van der Waals surface area (Å²) in [5.74, 6) is -5.39. The first-order valence-corrected chi connectivity index (χ1v) is 15.8. The number of Topliss-reactive ketones (excluding diaryl/α,β-unsaturated/α-hetero) is 1. The summed E-state index contributed by atoms with van der Waals surface area (Å²) < 4.78 is 10.1. The molecule has 3 aliphatic carbocycles. The number of methoxy groups -OCH3 is 2. The van der Waals surface area contributed by atoms with Crippen molar-refractivity contribution in [3.8, 4) is 11.5 Å². The lowest BCUT2D eigenvalue weighted by Crippen LogP contribution is -2.59. The molecule has 4 aliphatic rings. The molecule has 3 aromatic rings. The Kier molecular flexibility index (Phi) is 7.70. The highest BCUT2D eigenvalue weighted by molar-refractivity contribution is 6.31. The molecule has 48 heavy (non-hydrogen) atoms. The first-order chi connectivity index (χ1) is 23.2. The van der Waals surface area contributed by atoms with Gasteiger partial charge in [0.1, 0.15) is 0 Å². The van der Waals surface area contributed by atoms with E-state index in [-0.39, 0.29) is 35.9 Å². The SMILES string of the molecule is COC(=O)N1C(=O)[C@H]2[C@H](CC=C3[C@H]2C[C@H]2C(=O)C(c4ccccc4)=CC(=O)[C@@]2(c2ccccc2)[C@H]3C=Cc2ccc(O)c(OC)c2)C1=O. The Labute approximate surface area is 277 Å². The van der Waals surface area contributed by atoms with E-state index in [0.717, 1.165) is 12.7 Å². The van der Waals surface area contributed by atoms with Gasteiger partial charge in [-0.1, -0.05) is 90.5 Å². The number of aromatic hydroxyl groups is 1. The summed E-state index contributed by atoms with van der Waals surface area (Å²) in [5, 5.41) is 10.2. The molecule has 1 saturated heterocycles. The van der Waals surface area contributed by atoms with E-state index in [1.54, 1.807) is 24.3 Å². The third-order valence-corrected chi connectivity index (χ3v) is 10.5. The highest BCUT2D eigenvalue weighted by Crippen LogP contribution is 2.61. The highest BCUT2D eigenvalue weighted by atomic mass is 16.5. The summed E-state index contributed by atoms with van der Waals surface area (Å²) in [4.78, 5) is 70.2. The molecule has 1 N–H and O–H groups in total. The largest absolute Gasteiger partial charge is 0.504 e. The van der Waals surface area contributed by atoms with Gasteiger partial charge in [-0.15, -0.1) is 0 Å². The lowest BCUT2D eigenvalue weighted by atomic mass is 9.45. The molecule has 3 aromatic carbocycles. The number of rotatable bonds is 5. The van der Waals surface area contributed by atoms with E-state index in [9.17, 15) is 29.1 Å². The molecule has 0 aromatic heterocycles. The Morgan fingerprint density at radius 3 is 2.31 bits per heavy atom. The van der Waals surface area contributed by atoms with Crippen molar-refractivity contribution >= 4 is 41.1 Å². The third-order valence-electron chi connectivity index (χ3n) is 10.5. The molecule has 0 spiro atoms. The van der Waals surface area contributed by atoms with Crippen molar-refractivity contribution in [2.75, 3.05) is 14.2 Å². The monoisotopic (exact) mass is 643 g/mol. The molecule has 242 valence electrons. The molecule has 0 unspecified atom stereocenters. The minimum atomic E-state index is -1.36. The molecule has 6 atom stereocenters. The van der Waals surface area contributed by atoms with Crippen LogP contribution in [-0.4, -0.2) is 53.7 Å². The molecule has 9 nitrogen and oxygen atoms in total. The standard InChI is InChI=1S/C39H33NO8/c1-47-32-19-22(14-18-31(32)41)13-17-29-25-15-16-26-34(37(45)40(36(26)44)38(46)48-2)28(25)20-30-35(43)27(23-9-5-3-6-10-23)21-33(42)39(29,30)24-11-7-4-8-12-24/h3-15,17-19,21,26,28-30,34,41H,16,20H2,1-2H3/t26-,28+,29-,30-,34-,39-/m0/s1. The van der Waals surface area contributed by atoms with Gasteiger partial charge in [0.2, 0.25) is 11.8 Å². The molecule has 1 heterocycles. The van der Waals surface area contributed by atoms with E-state index < -0.39 is 52.9 Å². The van der Waals surface area contributed by atoms with Crippen LogP contribution in [0, 0.1) is 29.6 Å². The maximum atomic E-state index is 14.9. The number of ketones is 2. The zero-order chi connectivity index (χ0) is 33.7. The topological polar surface area (TPSA) is 127 Å². The Hall–Kier alpha value is -5.57. The van der Waals surface area contributed by atoms with Crippen molar-refractivity contribution in [3.63, 3.8) is 0 Å². The van der Waals surface area contributed by atoms with Crippen molar-refractivity contribution in [2.24, 2.45) is 29.6 Å². The molecule has 0 bridgehead atoms. The van der Waals surface area contributed by atoms with E-state index in [2.05, 4.69) is 0 Å². The van der Waals surface area contributed by atoms with Crippen LogP contribution >= 0.6 is 0 Å². The lowest BCUT2D eigenvalue weighted by molar-refractivity contribution is -0.138. The van der Waals surface area contributed by atoms with Crippen molar-refractivity contribution in [1.29, 1.82) is 0 Å². The van der Waals surface area contributed by atoms with Crippen LogP contribution in [0.5, 0.6) is 11.5 Å². The molecule has 7 rings (SSSR count). The molecular formula is C39H33NO8. The number of allylic oxidation sites excluding steroid dienone is 5. The second kappa shape index (κ2) is 11.9. The fourth-order valence-corrected chi connectivity index (χ4v) is 8.40. The van der Waals surface area contributed by atoms with Crippen LogP contribution in [0.4, 0.5) is 4.79 Å². The number of phenols is 1. The lowest BCUT2D eigenvalue weighted by Gasteiger charge is -2.54. The number of phenolic OH excluding ortho intramolecular Hbond substituents is 1. The molecule has 3 amide bonds. The van der Waals surface area contributed by atoms with Gasteiger partial charge in [0.15, 0.2) is 23.1 Å². The smallest absolute Gasteiger partial charge is 0.423 e. The molecular weight excluding hydrogens is 610 g/mol. The number of hydrogen-bond donors (Lipinski definition) is 1. The van der Waals surface area contributed by atoms with E-state index >= 15 is 0 Å². The van der Waals surface area contributed by atoms with E-state index in [4.69, 9.17) is 9.47 Å². The van der Waals surface area contributed by atoms with Crippen LogP contribution in [0.15, 0.2) is 103 Å². The second-order valence-electron chi connectivity index (χ2n) is 12.6. The maximum absolute atomic E-state index is 14.9. The first kappa shape index (κ1) is 31.1. The Balaban J connectivity index is 1.45. The van der Waals surface area contributed by atoms with Crippen LogP contribution in [0.25, 0.3) is 11.6 Å². The van der Waals surface area contributed by atoms with Crippen molar-refractivity contribution < 1.29 is 38.6 Å². The predicted octanol–water partition coefficient (Wildman–Crippen LogP) is 5.54. The minimum absolute atomic E-state index is 0.0274. The van der Waals surface area contributed by atoms with Gasteiger partial charge in [0, 0.05) is 17.4 Å². The fraction of sp³-hybridized carbons (Fsp3) is 0.256. The number of amides is 3. The first-order valence-electron chi connectivity index (χ1n) is 15.8. The van der Waals surface area contributed by atoms with Gasteiger partial charge in [-0.3, -0.25) is 19.2 Å². The molecule has 0 radical (unpaired) electrons. The van der Waals surface area contributed by atoms with E-state index in [1.165, 1.54) is 19.3 Å². The Bertz CT molecular complexity index is 1940. The minimum Gasteiger partial charge on any atom is -0.504 e. The summed E-state index contributed by atoms with van der Waals surface area (Å²) in [6.45, 7) is 0. The van der Waals surface area contributed by atoms with E-state index in [1.807, 2.05) is 66.8 Å². The van der Waals surface area contributed by atoms with Crippen molar-refractivity contribution in [2.45, 2.75) is 18.3 Å². The van der Waals surface area contributed by atoms with Gasteiger partial charge < -0.3 is 14.6 Å². The van der Waals surface area contributed by atoms with Crippen molar-refractivity contribution in [1.82, 2.24) is 4.90 Å². The normalized spacial score (nSPS) is 28.0. The van der Waals surface area contributed by atoms with Gasteiger partial charge in [-0.05, 0) is 53.7 Å². The number of benzene rings is 3. The van der Waals surface area contributed by atoms with Crippen LogP contribution in [0.3, 0.4) is 0 Å². The highest BCUT2D eigenvalue weighted by Gasteiger charge is 2.65. The summed E-state index contributed by atoms with van der Waals surface area (Å²) in [6, 6.07) is 23.2. The Morgan fingerprint density at radius 2 is 1.62 bits per heavy atom. The number of imide groups is 3. The van der Waals surface area contributed by atoms with E-state index in [0.29, 0.717) is 27.2 Å². The molecule has 1 aliphatic heterocycles. The molecule has 1 saturated carbocycles. The number of nitrogens with zero attached hydrogens (tertiary/aromatic N) is 1. The van der Waals surface area contributed by atoms with Crippen LogP contribution in [0.1, 0.15) is 29.5 Å². The zero-order valence-corrected chi connectivity index (χ0v) is 26.4. The van der Waals surface area contributed by atoms with Gasteiger partial charge in [0.25, 0.3) is 0 Å². The van der Waals surface area contributed by atoms with Crippen molar-refractivity contribution in [3.05, 3.63) is 119 Å². The summed E-state index contributed by atoms with van der Waals surface area (Å²) >= 11 is 0. The fourth-order valence-electron chi connectivity index (χ4n) is 8.40. The molecule has 2 fully saturated rings. The number of carbonyl (C=O) groups excluding carboxylic acids is 5. The predicted molar refractivity (Wildman–Crippen MR) is 175 cm³/mol. The Morgan fingerprint density at radius 1 is 0.917 bits per heavy atom. The van der Waals surface area contributed by atoms with Gasteiger partial charge in [-0.2, -0.15) is 4.90 Å². The van der Waals surface area contributed by atoms with Gasteiger partial charge in [-0.25, -0.2) is 4.79 Å². The van der Waals surface area contributed by atoms with Gasteiger partial charge >= 0.3 is 6.09 Å². The number of fused-ring (bicyclic) bond motifs is 4. The maximum Gasteiger partial charge on any atom is 0.423 e. The summed E-state index contributed by atoms with van der Waals surface area (Å²) in [5.41, 5.74) is 1.67. The van der Waals surface area contributed by atoms with Gasteiger partial charge in [0.05, 0.1) is 31.5 Å². The average Bonchev–Trinajstić information content (AvgIpc) is 3.38. The third kappa shape index (κ3) is 4.56. The number of carbonyl (C=O) groups is 5. The summed E-state index contributed by atoms with van der Waals surface area (Å²) in [6.07, 6.45) is 6.36. The number of ether oxygens (including phenoxy) is 2. The average molecular weight is 644 g/mol. The summed E-state index contributed by atoms with van der Waals surface area (Å²) in [7, 11) is 2.57. The zero-order valence-electron chi connectivity index (χ0n) is 26.4. The number of likely N-dealkylation sites (tertiary alicyclic amines) is 1. The number of hydrogen-bond acceptors (Lipinski definition) is 8. The molecule has 9 heteroatoms. The quantitative estimate of drug-likeness (QED) is 0.284. The second-order valence-corrected chi connectivity index (χ2v) is 12.6. The van der Waals surface area contributed by atoms with Crippen LogP contribution in [-0.2, 0) is 29.3 Å².